The van der Waals surface area contributed by atoms with E-state index in [0.717, 1.165) is 16.3 Å². The average Bonchev–Trinajstić information content (AvgIpc) is 2.76. The first-order valence-electron chi connectivity index (χ1n) is 9.55. The van der Waals surface area contributed by atoms with Crippen molar-refractivity contribution < 1.29 is 19.1 Å². The van der Waals surface area contributed by atoms with Gasteiger partial charge in [-0.1, -0.05) is 72.8 Å². The van der Waals surface area contributed by atoms with Crippen molar-refractivity contribution in [2.75, 3.05) is 6.61 Å². The zero-order valence-corrected chi connectivity index (χ0v) is 16.3. The molecule has 3 rings (SSSR count). The fourth-order valence-corrected chi connectivity index (χ4v) is 3.19. The highest BCUT2D eigenvalue weighted by Crippen LogP contribution is 2.23. The molecule has 3 aromatic rings. The number of ether oxygens (including phenoxy) is 1. The molecule has 0 saturated carbocycles. The van der Waals surface area contributed by atoms with Crippen molar-refractivity contribution in [3.05, 3.63) is 83.9 Å². The molecule has 0 heterocycles. The van der Waals surface area contributed by atoms with Gasteiger partial charge in [0.2, 0.25) is 0 Å². The molecule has 1 amide bonds. The Balaban J connectivity index is 1.46. The number of esters is 1. The lowest BCUT2D eigenvalue weighted by atomic mass is 10.00. The van der Waals surface area contributed by atoms with Gasteiger partial charge >= 0.3 is 5.97 Å². The zero-order chi connectivity index (χ0) is 20.6. The van der Waals surface area contributed by atoms with Gasteiger partial charge in [-0.2, -0.15) is 0 Å². The minimum absolute atomic E-state index is 0.0525. The molecule has 0 fully saturated rings. The Morgan fingerprint density at radius 2 is 1.55 bits per heavy atom. The van der Waals surface area contributed by atoms with Gasteiger partial charge < -0.3 is 10.1 Å². The van der Waals surface area contributed by atoms with Crippen LogP contribution in [-0.4, -0.2) is 24.3 Å². The van der Waals surface area contributed by atoms with E-state index in [2.05, 4.69) is 5.32 Å². The average molecular weight is 389 g/mol. The highest BCUT2D eigenvalue weighted by Gasteiger charge is 2.15. The van der Waals surface area contributed by atoms with Gasteiger partial charge in [-0.3, -0.25) is 14.4 Å². The fraction of sp³-hybridized carbons (Fsp3) is 0.208. The van der Waals surface area contributed by atoms with E-state index in [1.807, 2.05) is 55.5 Å². The number of fused-ring (bicyclic) bond motifs is 1. The number of carbonyl (C=O) groups excluding carboxylic acids is 3. The van der Waals surface area contributed by atoms with Crippen molar-refractivity contribution in [1.29, 1.82) is 0 Å². The summed E-state index contributed by atoms with van der Waals surface area (Å²) in [4.78, 5) is 36.0. The number of rotatable bonds is 8. The summed E-state index contributed by atoms with van der Waals surface area (Å²) >= 11 is 0. The maximum Gasteiger partial charge on any atom is 0.306 e. The van der Waals surface area contributed by atoms with E-state index in [0.29, 0.717) is 5.56 Å². The number of Topliss-reactive ketones (excluding diaryl/α,β-unsaturated/α-hetero) is 1. The molecule has 0 unspecified atom stereocenters. The second-order valence-electron chi connectivity index (χ2n) is 6.81. The minimum atomic E-state index is -0.567. The van der Waals surface area contributed by atoms with Crippen LogP contribution in [0.1, 0.15) is 41.7 Å². The van der Waals surface area contributed by atoms with Crippen LogP contribution < -0.4 is 5.32 Å². The Bertz CT molecular complexity index is 1010. The predicted octanol–water partition coefficient (Wildman–Crippen LogP) is 4.22. The van der Waals surface area contributed by atoms with Gasteiger partial charge in [-0.05, 0) is 23.3 Å². The smallest absolute Gasteiger partial charge is 0.306 e. The lowest BCUT2D eigenvalue weighted by molar-refractivity contribution is -0.148. The molecule has 3 aromatic carbocycles. The topological polar surface area (TPSA) is 72.5 Å². The molecule has 1 N–H and O–H groups in total. The second kappa shape index (κ2) is 9.64. The van der Waals surface area contributed by atoms with Crippen molar-refractivity contribution >= 4 is 28.4 Å². The second-order valence-corrected chi connectivity index (χ2v) is 6.81. The van der Waals surface area contributed by atoms with E-state index < -0.39 is 5.97 Å². The normalized spacial score (nSPS) is 11.6. The molecule has 0 aliphatic rings. The lowest BCUT2D eigenvalue weighted by Crippen LogP contribution is -2.31. The molecule has 1 atom stereocenters. The van der Waals surface area contributed by atoms with Crippen LogP contribution >= 0.6 is 0 Å². The molecule has 5 nitrogen and oxygen atoms in total. The minimum Gasteiger partial charge on any atom is -0.456 e. The summed E-state index contributed by atoms with van der Waals surface area (Å²) in [5, 5.41) is 5.02. The van der Waals surface area contributed by atoms with Crippen LogP contribution in [0.25, 0.3) is 10.8 Å². The monoisotopic (exact) mass is 389 g/mol. The van der Waals surface area contributed by atoms with Crippen LogP contribution in [0.5, 0.6) is 0 Å². The van der Waals surface area contributed by atoms with E-state index in [1.165, 1.54) is 0 Å². The summed E-state index contributed by atoms with van der Waals surface area (Å²) in [6.45, 7) is 1.52. The molecular weight excluding hydrogens is 366 g/mol. The summed E-state index contributed by atoms with van der Waals surface area (Å²) in [5.41, 5.74) is 1.55. The van der Waals surface area contributed by atoms with Gasteiger partial charge in [-0.15, -0.1) is 0 Å². The Kier molecular flexibility index (Phi) is 6.74. The number of carbonyl (C=O) groups is 3. The Morgan fingerprint density at radius 3 is 2.34 bits per heavy atom. The van der Waals surface area contributed by atoms with Gasteiger partial charge in [0.05, 0.1) is 12.5 Å². The molecule has 0 radical (unpaired) electrons. The Hall–Kier alpha value is -3.47. The van der Waals surface area contributed by atoms with E-state index >= 15 is 0 Å². The van der Waals surface area contributed by atoms with Crippen LogP contribution in [0.2, 0.25) is 0 Å². The molecule has 0 aliphatic carbocycles. The third-order valence-electron chi connectivity index (χ3n) is 4.68. The van der Waals surface area contributed by atoms with Gasteiger partial charge in [0, 0.05) is 12.0 Å². The summed E-state index contributed by atoms with van der Waals surface area (Å²) in [5.74, 6) is -1.08. The first-order valence-corrected chi connectivity index (χ1v) is 9.55. The number of amides is 1. The van der Waals surface area contributed by atoms with Crippen molar-refractivity contribution in [3.8, 4) is 0 Å². The van der Waals surface area contributed by atoms with Crippen molar-refractivity contribution in [2.45, 2.75) is 25.8 Å². The number of ketones is 1. The number of hydrogen-bond donors (Lipinski definition) is 1. The summed E-state index contributed by atoms with van der Waals surface area (Å²) < 4.78 is 5.01. The van der Waals surface area contributed by atoms with Crippen LogP contribution in [0.3, 0.4) is 0 Å². The van der Waals surface area contributed by atoms with E-state index in [-0.39, 0.29) is 37.2 Å². The van der Waals surface area contributed by atoms with Crippen LogP contribution in [0.4, 0.5) is 0 Å². The fourth-order valence-electron chi connectivity index (χ4n) is 3.19. The number of hydrogen-bond acceptors (Lipinski definition) is 4. The maximum absolute atomic E-state index is 12.2. The molecule has 148 valence electrons. The maximum atomic E-state index is 12.2. The third kappa shape index (κ3) is 5.51. The molecule has 29 heavy (non-hydrogen) atoms. The first-order chi connectivity index (χ1) is 14.0. The SMILES string of the molecule is C[C@H](NC(=O)COC(=O)CCC(=O)c1ccccc1)c1cccc2ccccc12. The Labute approximate surface area is 169 Å². The molecule has 0 aliphatic heterocycles. The summed E-state index contributed by atoms with van der Waals surface area (Å²) in [6, 6.07) is 22.4. The molecular formula is C24H23NO4. The number of benzene rings is 3. The van der Waals surface area contributed by atoms with Crippen molar-refractivity contribution in [1.82, 2.24) is 5.32 Å². The van der Waals surface area contributed by atoms with Crippen LogP contribution in [0, 0.1) is 0 Å². The molecule has 0 spiro atoms. The largest absolute Gasteiger partial charge is 0.456 e. The van der Waals surface area contributed by atoms with E-state index in [1.54, 1.807) is 24.3 Å². The van der Waals surface area contributed by atoms with Gasteiger partial charge in [0.15, 0.2) is 12.4 Å². The molecule has 0 bridgehead atoms. The van der Waals surface area contributed by atoms with Gasteiger partial charge in [-0.25, -0.2) is 0 Å². The third-order valence-corrected chi connectivity index (χ3v) is 4.68. The standard InChI is InChI=1S/C24H23NO4/c1-17(20-13-7-11-18-8-5-6-12-21(18)20)25-23(27)16-29-24(28)15-14-22(26)19-9-3-2-4-10-19/h2-13,17H,14-16H2,1H3,(H,25,27)/t17-/m0/s1. The highest BCUT2D eigenvalue weighted by molar-refractivity contribution is 5.97. The molecule has 0 saturated heterocycles. The quantitative estimate of drug-likeness (QED) is 0.462. The predicted molar refractivity (Wildman–Crippen MR) is 111 cm³/mol. The number of nitrogens with one attached hydrogen (secondary N) is 1. The highest BCUT2D eigenvalue weighted by atomic mass is 16.5. The first kappa shape index (κ1) is 20.3. The van der Waals surface area contributed by atoms with Gasteiger partial charge in [0.1, 0.15) is 0 Å². The van der Waals surface area contributed by atoms with E-state index in [9.17, 15) is 14.4 Å². The molecule has 0 aromatic heterocycles. The van der Waals surface area contributed by atoms with Crippen LogP contribution in [0.15, 0.2) is 72.8 Å². The van der Waals surface area contributed by atoms with E-state index in [4.69, 9.17) is 4.74 Å². The van der Waals surface area contributed by atoms with Gasteiger partial charge in [0.25, 0.3) is 5.91 Å². The zero-order valence-electron chi connectivity index (χ0n) is 16.3. The summed E-state index contributed by atoms with van der Waals surface area (Å²) in [7, 11) is 0. The Morgan fingerprint density at radius 1 is 0.862 bits per heavy atom. The lowest BCUT2D eigenvalue weighted by Gasteiger charge is -2.16. The van der Waals surface area contributed by atoms with Crippen molar-refractivity contribution in [3.63, 3.8) is 0 Å². The molecule has 5 heteroatoms. The van der Waals surface area contributed by atoms with Crippen molar-refractivity contribution in [2.24, 2.45) is 0 Å². The van der Waals surface area contributed by atoms with Crippen LogP contribution in [-0.2, 0) is 14.3 Å². The summed E-state index contributed by atoms with van der Waals surface area (Å²) in [6.07, 6.45) is -0.00322.